The van der Waals surface area contributed by atoms with Crippen LogP contribution in [-0.2, 0) is 0 Å². The first-order valence-electron chi connectivity index (χ1n) is 7.94. The minimum absolute atomic E-state index is 0.717. The highest BCUT2D eigenvalue weighted by Crippen LogP contribution is 2.37. The quantitative estimate of drug-likeness (QED) is 0.504. The van der Waals surface area contributed by atoms with Crippen LogP contribution in [0, 0.1) is 17.2 Å². The summed E-state index contributed by atoms with van der Waals surface area (Å²) < 4.78 is 0. The number of hydrogen-bond acceptors (Lipinski definition) is 1. The normalized spacial score (nSPS) is 22.8. The van der Waals surface area contributed by atoms with Crippen LogP contribution >= 0.6 is 0 Å². The Morgan fingerprint density at radius 1 is 1.15 bits per heavy atom. The first-order valence-corrected chi connectivity index (χ1v) is 7.94. The first-order chi connectivity index (χ1) is 9.83. The van der Waals surface area contributed by atoms with E-state index < -0.39 is 0 Å². The smallest absolute Gasteiger partial charge is 0.0991 e. The number of allylic oxidation sites excluding steroid dienone is 2. The van der Waals surface area contributed by atoms with Gasteiger partial charge in [-0.15, -0.1) is 0 Å². The van der Waals surface area contributed by atoms with Crippen molar-refractivity contribution in [1.29, 1.82) is 5.26 Å². The fraction of sp³-hybridized carbons (Fsp3) is 0.526. The maximum absolute atomic E-state index is 8.84. The SMILES string of the molecule is C/C=C/CCC[C@H]1CC[C@H](c2ccc(C#N)cc2)CC1. The van der Waals surface area contributed by atoms with E-state index in [1.54, 1.807) is 0 Å². The van der Waals surface area contributed by atoms with E-state index in [1.165, 1.54) is 50.5 Å². The summed E-state index contributed by atoms with van der Waals surface area (Å²) in [6, 6.07) is 10.4. The van der Waals surface area contributed by atoms with E-state index in [0.29, 0.717) is 0 Å². The predicted molar refractivity (Wildman–Crippen MR) is 84.5 cm³/mol. The lowest BCUT2D eigenvalue weighted by Gasteiger charge is -2.28. The van der Waals surface area contributed by atoms with Gasteiger partial charge in [0.05, 0.1) is 11.6 Å². The van der Waals surface area contributed by atoms with Gasteiger partial charge in [0.1, 0.15) is 0 Å². The summed E-state index contributed by atoms with van der Waals surface area (Å²) in [4.78, 5) is 0. The summed E-state index contributed by atoms with van der Waals surface area (Å²) in [5.74, 6) is 1.66. The lowest BCUT2D eigenvalue weighted by atomic mass is 9.77. The molecule has 0 bridgehead atoms. The Morgan fingerprint density at radius 2 is 1.85 bits per heavy atom. The van der Waals surface area contributed by atoms with Crippen molar-refractivity contribution in [2.45, 2.75) is 57.8 Å². The number of nitriles is 1. The van der Waals surface area contributed by atoms with E-state index >= 15 is 0 Å². The molecule has 0 spiro atoms. The molecule has 2 rings (SSSR count). The van der Waals surface area contributed by atoms with Gasteiger partial charge in [-0.1, -0.05) is 30.7 Å². The van der Waals surface area contributed by atoms with Crippen LogP contribution in [-0.4, -0.2) is 0 Å². The molecular formula is C19H25N. The molecule has 1 saturated carbocycles. The minimum atomic E-state index is 0.717. The van der Waals surface area contributed by atoms with E-state index in [0.717, 1.165) is 17.4 Å². The molecule has 20 heavy (non-hydrogen) atoms. The van der Waals surface area contributed by atoms with E-state index in [-0.39, 0.29) is 0 Å². The molecule has 1 nitrogen and oxygen atoms in total. The Labute approximate surface area is 123 Å². The van der Waals surface area contributed by atoms with Crippen molar-refractivity contribution in [3.8, 4) is 6.07 Å². The standard InChI is InChI=1S/C19H25N/c1-2-3-4-5-6-16-7-11-18(12-8-16)19-13-9-17(15-20)10-14-19/h2-3,9-10,13-14,16,18H,4-8,11-12H2,1H3/b3-2+/t16-,18-. The fourth-order valence-corrected chi connectivity index (χ4v) is 3.31. The Bertz CT molecular complexity index is 456. The predicted octanol–water partition coefficient (Wildman–Crippen LogP) is 5.58. The van der Waals surface area contributed by atoms with Gasteiger partial charge in [0.15, 0.2) is 0 Å². The van der Waals surface area contributed by atoms with Gasteiger partial charge >= 0.3 is 0 Å². The van der Waals surface area contributed by atoms with Crippen molar-refractivity contribution in [2.24, 2.45) is 5.92 Å². The number of benzene rings is 1. The molecule has 0 atom stereocenters. The first kappa shape index (κ1) is 14.9. The molecular weight excluding hydrogens is 242 g/mol. The van der Waals surface area contributed by atoms with Gasteiger partial charge in [-0.2, -0.15) is 5.26 Å². The monoisotopic (exact) mass is 267 g/mol. The molecule has 106 valence electrons. The van der Waals surface area contributed by atoms with Gasteiger partial charge in [-0.25, -0.2) is 0 Å². The van der Waals surface area contributed by atoms with Crippen molar-refractivity contribution in [2.75, 3.05) is 0 Å². The summed E-state index contributed by atoms with van der Waals surface area (Å²) in [6.45, 7) is 2.10. The highest BCUT2D eigenvalue weighted by molar-refractivity contribution is 5.33. The molecule has 0 N–H and O–H groups in total. The molecule has 0 radical (unpaired) electrons. The van der Waals surface area contributed by atoms with Crippen molar-refractivity contribution < 1.29 is 0 Å². The summed E-state index contributed by atoms with van der Waals surface area (Å²) in [5, 5.41) is 8.84. The molecule has 0 saturated heterocycles. The second-order valence-corrected chi connectivity index (χ2v) is 5.95. The molecule has 0 amide bonds. The largest absolute Gasteiger partial charge is 0.192 e. The topological polar surface area (TPSA) is 23.8 Å². The third kappa shape index (κ3) is 4.23. The maximum atomic E-state index is 8.84. The summed E-state index contributed by atoms with van der Waals surface area (Å²) in [5.41, 5.74) is 2.20. The van der Waals surface area contributed by atoms with E-state index in [9.17, 15) is 0 Å². The van der Waals surface area contributed by atoms with Crippen molar-refractivity contribution in [3.63, 3.8) is 0 Å². The average Bonchev–Trinajstić information content (AvgIpc) is 2.52. The number of nitrogens with zero attached hydrogens (tertiary/aromatic N) is 1. The van der Waals surface area contributed by atoms with Crippen LogP contribution in [0.3, 0.4) is 0 Å². The van der Waals surface area contributed by atoms with E-state index in [2.05, 4.69) is 37.3 Å². The van der Waals surface area contributed by atoms with Crippen LogP contribution < -0.4 is 0 Å². The van der Waals surface area contributed by atoms with Crippen LogP contribution in [0.2, 0.25) is 0 Å². The van der Waals surface area contributed by atoms with E-state index in [1.807, 2.05) is 12.1 Å². The third-order valence-electron chi connectivity index (χ3n) is 4.58. The van der Waals surface area contributed by atoms with E-state index in [4.69, 9.17) is 5.26 Å². The number of hydrogen-bond donors (Lipinski definition) is 0. The second kappa shape index (κ2) is 7.90. The van der Waals surface area contributed by atoms with Crippen molar-refractivity contribution in [3.05, 3.63) is 47.5 Å². The Kier molecular flexibility index (Phi) is 5.87. The molecule has 0 aromatic heterocycles. The van der Waals surface area contributed by atoms with Crippen molar-refractivity contribution >= 4 is 0 Å². The number of rotatable bonds is 5. The number of unbranched alkanes of at least 4 members (excludes halogenated alkanes) is 1. The Morgan fingerprint density at radius 3 is 2.45 bits per heavy atom. The maximum Gasteiger partial charge on any atom is 0.0991 e. The molecule has 1 aromatic rings. The van der Waals surface area contributed by atoms with Gasteiger partial charge in [-0.3, -0.25) is 0 Å². The van der Waals surface area contributed by atoms with Gasteiger partial charge in [-0.05, 0) is 75.0 Å². The van der Waals surface area contributed by atoms with Crippen LogP contribution in [0.25, 0.3) is 0 Å². The van der Waals surface area contributed by atoms with Crippen LogP contribution in [0.4, 0.5) is 0 Å². The third-order valence-corrected chi connectivity index (χ3v) is 4.58. The Balaban J connectivity index is 1.77. The van der Waals surface area contributed by atoms with Gasteiger partial charge in [0.2, 0.25) is 0 Å². The fourth-order valence-electron chi connectivity index (χ4n) is 3.31. The van der Waals surface area contributed by atoms with Gasteiger partial charge < -0.3 is 0 Å². The minimum Gasteiger partial charge on any atom is -0.192 e. The zero-order valence-corrected chi connectivity index (χ0v) is 12.5. The molecule has 0 heterocycles. The van der Waals surface area contributed by atoms with Gasteiger partial charge in [0, 0.05) is 0 Å². The molecule has 0 aliphatic heterocycles. The second-order valence-electron chi connectivity index (χ2n) is 5.95. The average molecular weight is 267 g/mol. The highest BCUT2D eigenvalue weighted by Gasteiger charge is 2.21. The lowest BCUT2D eigenvalue weighted by molar-refractivity contribution is 0.305. The molecule has 1 aliphatic rings. The molecule has 1 fully saturated rings. The van der Waals surface area contributed by atoms with Crippen LogP contribution in [0.1, 0.15) is 68.9 Å². The van der Waals surface area contributed by atoms with Gasteiger partial charge in [0.25, 0.3) is 0 Å². The molecule has 1 heteroatoms. The van der Waals surface area contributed by atoms with Crippen molar-refractivity contribution in [1.82, 2.24) is 0 Å². The molecule has 1 aromatic carbocycles. The summed E-state index contributed by atoms with van der Waals surface area (Å²) in [7, 11) is 0. The zero-order chi connectivity index (χ0) is 14.2. The highest BCUT2D eigenvalue weighted by atomic mass is 14.3. The molecule has 0 unspecified atom stereocenters. The zero-order valence-electron chi connectivity index (χ0n) is 12.5. The molecule has 1 aliphatic carbocycles. The van der Waals surface area contributed by atoms with Crippen LogP contribution in [0.5, 0.6) is 0 Å². The summed E-state index contributed by atoms with van der Waals surface area (Å²) in [6.07, 6.45) is 13.8. The Hall–Kier alpha value is -1.55. The summed E-state index contributed by atoms with van der Waals surface area (Å²) >= 11 is 0. The lowest BCUT2D eigenvalue weighted by Crippen LogP contribution is -2.13. The van der Waals surface area contributed by atoms with Crippen LogP contribution in [0.15, 0.2) is 36.4 Å².